The van der Waals surface area contributed by atoms with Crippen LogP contribution in [-0.4, -0.2) is 55.4 Å². The Morgan fingerprint density at radius 1 is 1.21 bits per heavy atom. The van der Waals surface area contributed by atoms with E-state index in [2.05, 4.69) is 10.6 Å². The van der Waals surface area contributed by atoms with E-state index in [4.69, 9.17) is 14.6 Å². The number of carboxylic acids is 1. The van der Waals surface area contributed by atoms with Crippen LogP contribution in [0.5, 0.6) is 0 Å². The Morgan fingerprint density at radius 2 is 1.75 bits per heavy atom. The number of nitrogens with one attached hydrogen (secondary N) is 2. The molecule has 1 aromatic carbocycles. The number of methoxy groups -OCH3 is 1. The number of carbonyl (C=O) groups is 3. The summed E-state index contributed by atoms with van der Waals surface area (Å²) in [6.07, 6.45) is -3.01. The largest absolute Gasteiger partial charge is 0.490 e. The average molecular weight is 404 g/mol. The van der Waals surface area contributed by atoms with Crippen molar-refractivity contribution in [2.45, 2.75) is 31.5 Å². The van der Waals surface area contributed by atoms with Gasteiger partial charge in [0.1, 0.15) is 6.04 Å². The minimum absolute atomic E-state index is 0.0193. The van der Waals surface area contributed by atoms with Crippen molar-refractivity contribution in [3.8, 4) is 0 Å². The quantitative estimate of drug-likeness (QED) is 0.643. The third-order valence-corrected chi connectivity index (χ3v) is 4.04. The van der Waals surface area contributed by atoms with Gasteiger partial charge in [-0.2, -0.15) is 13.2 Å². The van der Waals surface area contributed by atoms with Crippen LogP contribution in [0.4, 0.5) is 13.2 Å². The summed E-state index contributed by atoms with van der Waals surface area (Å²) in [5.74, 6) is -3.23. The highest BCUT2D eigenvalue weighted by atomic mass is 19.4. The summed E-state index contributed by atoms with van der Waals surface area (Å²) in [5.41, 5.74) is 0.999. The molecule has 1 saturated heterocycles. The van der Waals surface area contributed by atoms with Gasteiger partial charge in [-0.25, -0.2) is 9.59 Å². The molecule has 1 heterocycles. The van der Waals surface area contributed by atoms with Crippen LogP contribution in [0, 0.1) is 5.92 Å². The van der Waals surface area contributed by atoms with E-state index < -0.39 is 24.2 Å². The number of alkyl halides is 3. The van der Waals surface area contributed by atoms with Gasteiger partial charge in [0.15, 0.2) is 0 Å². The summed E-state index contributed by atoms with van der Waals surface area (Å²) in [5, 5.41) is 13.2. The number of hydrogen-bond donors (Lipinski definition) is 3. The molecule has 0 saturated carbocycles. The second kappa shape index (κ2) is 11.3. The Hall–Kier alpha value is -2.62. The number of piperidine rings is 1. The molecule has 156 valence electrons. The smallest absolute Gasteiger partial charge is 0.475 e. The van der Waals surface area contributed by atoms with E-state index in [-0.39, 0.29) is 11.8 Å². The monoisotopic (exact) mass is 404 g/mol. The lowest BCUT2D eigenvalue weighted by Crippen LogP contribution is -2.47. The molecule has 1 amide bonds. The number of carboxylic acid groups (broad SMARTS) is 1. The van der Waals surface area contributed by atoms with Gasteiger partial charge in [-0.15, -0.1) is 0 Å². The molecular weight excluding hydrogens is 381 g/mol. The molecule has 10 heteroatoms. The van der Waals surface area contributed by atoms with Gasteiger partial charge in [-0.05, 0) is 31.5 Å². The number of ether oxygens (including phenoxy) is 1. The van der Waals surface area contributed by atoms with Crippen molar-refractivity contribution >= 4 is 17.8 Å². The van der Waals surface area contributed by atoms with Crippen LogP contribution in [-0.2, 0) is 25.5 Å². The normalized spacial score (nSPS) is 15.6. The Morgan fingerprint density at radius 3 is 2.21 bits per heavy atom. The van der Waals surface area contributed by atoms with E-state index in [1.54, 1.807) is 0 Å². The number of esters is 1. The van der Waals surface area contributed by atoms with Crippen molar-refractivity contribution in [2.24, 2.45) is 5.92 Å². The lowest BCUT2D eigenvalue weighted by atomic mass is 9.96. The molecule has 1 atom stereocenters. The van der Waals surface area contributed by atoms with Crippen LogP contribution in [0.15, 0.2) is 30.3 Å². The molecule has 1 aliphatic rings. The Balaban J connectivity index is 0.000000480. The molecule has 28 heavy (non-hydrogen) atoms. The summed E-state index contributed by atoms with van der Waals surface area (Å²) in [6, 6.07) is 9.00. The van der Waals surface area contributed by atoms with Crippen LogP contribution in [0.3, 0.4) is 0 Å². The SMILES string of the molecule is COC(=O)C(Cc1ccccc1)NC(=O)C1CCNCC1.O=C(O)C(F)(F)F. The molecule has 0 radical (unpaired) electrons. The van der Waals surface area contributed by atoms with Crippen molar-refractivity contribution < 1.29 is 37.4 Å². The van der Waals surface area contributed by atoms with Crippen molar-refractivity contribution in [3.63, 3.8) is 0 Å². The summed E-state index contributed by atoms with van der Waals surface area (Å²) < 4.78 is 36.5. The number of carbonyl (C=O) groups excluding carboxylic acids is 2. The van der Waals surface area contributed by atoms with Gasteiger partial charge in [-0.1, -0.05) is 30.3 Å². The van der Waals surface area contributed by atoms with Crippen molar-refractivity contribution in [1.29, 1.82) is 0 Å². The van der Waals surface area contributed by atoms with Gasteiger partial charge in [0.2, 0.25) is 5.91 Å². The van der Waals surface area contributed by atoms with E-state index in [1.165, 1.54) is 7.11 Å². The molecular formula is C18H23F3N2O5. The third kappa shape index (κ3) is 8.38. The first-order valence-corrected chi connectivity index (χ1v) is 8.58. The van der Waals surface area contributed by atoms with Crippen molar-refractivity contribution in [2.75, 3.05) is 20.2 Å². The van der Waals surface area contributed by atoms with Gasteiger partial charge in [-0.3, -0.25) is 4.79 Å². The number of amides is 1. The Kier molecular flexibility index (Phi) is 9.43. The summed E-state index contributed by atoms with van der Waals surface area (Å²) >= 11 is 0. The molecule has 0 aliphatic carbocycles. The number of aliphatic carboxylic acids is 1. The fourth-order valence-electron chi connectivity index (χ4n) is 2.56. The maximum Gasteiger partial charge on any atom is 0.490 e. The first kappa shape index (κ1) is 23.4. The molecule has 1 fully saturated rings. The van der Waals surface area contributed by atoms with Gasteiger partial charge >= 0.3 is 18.1 Å². The Bertz CT molecular complexity index is 646. The second-order valence-corrected chi connectivity index (χ2v) is 6.10. The topological polar surface area (TPSA) is 105 Å². The van der Waals surface area contributed by atoms with Gasteiger partial charge in [0.05, 0.1) is 7.11 Å². The molecule has 7 nitrogen and oxygen atoms in total. The minimum atomic E-state index is -5.08. The maximum absolute atomic E-state index is 12.3. The molecule has 1 unspecified atom stereocenters. The van der Waals surface area contributed by atoms with Crippen LogP contribution >= 0.6 is 0 Å². The highest BCUT2D eigenvalue weighted by molar-refractivity contribution is 5.86. The lowest BCUT2D eigenvalue weighted by molar-refractivity contribution is -0.192. The highest BCUT2D eigenvalue weighted by Crippen LogP contribution is 2.14. The first-order chi connectivity index (χ1) is 13.1. The molecule has 1 aromatic rings. The lowest BCUT2D eigenvalue weighted by Gasteiger charge is -2.24. The molecule has 1 aliphatic heterocycles. The predicted molar refractivity (Wildman–Crippen MR) is 93.4 cm³/mol. The Labute approximate surface area is 160 Å². The van der Waals surface area contributed by atoms with E-state index >= 15 is 0 Å². The predicted octanol–water partition coefficient (Wildman–Crippen LogP) is 1.52. The fourth-order valence-corrected chi connectivity index (χ4v) is 2.56. The van der Waals surface area contributed by atoms with Gasteiger partial charge < -0.3 is 20.5 Å². The highest BCUT2D eigenvalue weighted by Gasteiger charge is 2.38. The van der Waals surface area contributed by atoms with Crippen LogP contribution in [0.2, 0.25) is 0 Å². The molecule has 0 aromatic heterocycles. The zero-order valence-electron chi connectivity index (χ0n) is 15.3. The van der Waals surface area contributed by atoms with E-state index in [0.717, 1.165) is 31.5 Å². The second-order valence-electron chi connectivity index (χ2n) is 6.10. The van der Waals surface area contributed by atoms with E-state index in [1.807, 2.05) is 30.3 Å². The van der Waals surface area contributed by atoms with Crippen LogP contribution in [0.1, 0.15) is 18.4 Å². The van der Waals surface area contributed by atoms with Gasteiger partial charge in [0, 0.05) is 12.3 Å². The van der Waals surface area contributed by atoms with Crippen molar-refractivity contribution in [3.05, 3.63) is 35.9 Å². The molecule has 2 rings (SSSR count). The number of rotatable bonds is 5. The molecule has 0 bridgehead atoms. The third-order valence-electron chi connectivity index (χ3n) is 4.04. The number of benzene rings is 1. The van der Waals surface area contributed by atoms with Crippen LogP contribution < -0.4 is 10.6 Å². The maximum atomic E-state index is 12.3. The summed E-state index contributed by atoms with van der Waals surface area (Å²) in [6.45, 7) is 1.69. The summed E-state index contributed by atoms with van der Waals surface area (Å²) in [4.78, 5) is 33.1. The molecule has 0 spiro atoms. The zero-order chi connectivity index (χ0) is 21.2. The minimum Gasteiger partial charge on any atom is -0.475 e. The first-order valence-electron chi connectivity index (χ1n) is 8.58. The standard InChI is InChI=1S/C16H22N2O3.C2HF3O2/c1-21-16(20)14(11-12-5-3-2-4-6-12)18-15(19)13-7-9-17-10-8-13;3-2(4,5)1(6)7/h2-6,13-14,17H,7-11H2,1H3,(H,18,19);(H,6,7). The van der Waals surface area contributed by atoms with E-state index in [9.17, 15) is 22.8 Å². The number of halogens is 3. The average Bonchev–Trinajstić information content (AvgIpc) is 2.68. The van der Waals surface area contributed by atoms with Crippen molar-refractivity contribution in [1.82, 2.24) is 10.6 Å². The zero-order valence-corrected chi connectivity index (χ0v) is 15.3. The van der Waals surface area contributed by atoms with E-state index in [0.29, 0.717) is 6.42 Å². The molecule has 3 N–H and O–H groups in total. The fraction of sp³-hybridized carbons (Fsp3) is 0.500. The number of hydrogen-bond acceptors (Lipinski definition) is 5. The summed E-state index contributed by atoms with van der Waals surface area (Å²) in [7, 11) is 1.34. The van der Waals surface area contributed by atoms with Crippen LogP contribution in [0.25, 0.3) is 0 Å². The van der Waals surface area contributed by atoms with Gasteiger partial charge in [0.25, 0.3) is 0 Å².